The molecule has 3 atom stereocenters. The number of esters is 14. The molecular formula is C83H154O37. The fourth-order valence-electron chi connectivity index (χ4n) is 6.86. The molecular weight excluding hydrogens is 1590 g/mol. The van der Waals surface area contributed by atoms with E-state index in [-0.39, 0.29) is 135 Å². The molecule has 37 heteroatoms. The lowest BCUT2D eigenvalue weighted by Gasteiger charge is -2.09. The predicted octanol–water partition coefficient (Wildman–Crippen LogP) is 11.0. The summed E-state index contributed by atoms with van der Waals surface area (Å²) in [6, 6.07) is 0. The van der Waals surface area contributed by atoms with Crippen LogP contribution in [0.25, 0.3) is 0 Å². The van der Waals surface area contributed by atoms with Gasteiger partial charge in [-0.2, -0.15) is 0 Å². The Bertz CT molecular complexity index is 2460. The minimum Gasteiger partial charge on any atom is -0.469 e. The van der Waals surface area contributed by atoms with Crippen LogP contribution in [0.3, 0.4) is 0 Å². The number of ketones is 1. The molecule has 0 saturated carbocycles. The standard InChI is InChI=1S/C9H18O4.C9H16O3.C8H14O4.C8H14O3.C7H12O4.C7H12O3.C7H14O3.C7H12O3.2C6H12O3.C5H10O2.C4H8O2/c1-3-4-9(10)13-8-7-12-6-5-11-2;1-2-4-9(10)12-7-8-5-3-6-11-8;1-3-4-8(10)12-6-5-11-7(2)9;1-2-4-7(9)11-8-5-3-6-10-8;1-3-4-6(8)11-5-7(9)10-2;1-2-3-7(8)10-5-6-4-9-6;1-3-4-7(8)10-6-5-9-2;1-3-4-7(9)10-5-6(2)8;1-3-6(7)9-5-4-8-2;1-3-4-6(7)9-5-8-2;1-3-5(6)7-4-2;1-3-4(5)6-2/h3-8H2,1-2H3;8H,2-7H2,1H3;3-6H2,1-2H3;8H,2-6H2,1H3;3-5H2,1-2H3;6H,2-5H2,1H3;3-6H2,1-2H3;3-5H2,1-2H3;2*3-5H2,1-2H3;3-4H2,1-2H3;3H2,1-2H3. The summed E-state index contributed by atoms with van der Waals surface area (Å²) in [7, 11) is 8.87. The van der Waals surface area contributed by atoms with E-state index in [9.17, 15) is 71.9 Å². The van der Waals surface area contributed by atoms with Crippen molar-refractivity contribution in [1.82, 2.24) is 0 Å². The third-order valence-corrected chi connectivity index (χ3v) is 13.0. The van der Waals surface area contributed by atoms with Gasteiger partial charge in [0.1, 0.15) is 59.0 Å². The number of epoxide rings is 1. The lowest BCUT2D eigenvalue weighted by Crippen LogP contribution is -2.17. The Morgan fingerprint density at radius 1 is 0.292 bits per heavy atom. The van der Waals surface area contributed by atoms with Crippen molar-refractivity contribution in [2.45, 2.75) is 283 Å². The molecule has 3 aliphatic heterocycles. The van der Waals surface area contributed by atoms with Crippen molar-refractivity contribution in [3.8, 4) is 0 Å². The summed E-state index contributed by atoms with van der Waals surface area (Å²) >= 11 is 0. The van der Waals surface area contributed by atoms with Gasteiger partial charge in [-0.25, -0.2) is 4.79 Å². The van der Waals surface area contributed by atoms with Gasteiger partial charge in [-0.1, -0.05) is 83.1 Å². The fourth-order valence-corrected chi connectivity index (χ4v) is 6.86. The zero-order valence-electron chi connectivity index (χ0n) is 76.4. The molecule has 3 rings (SSSR count). The molecule has 0 aromatic carbocycles. The highest BCUT2D eigenvalue weighted by Crippen LogP contribution is 2.15. The summed E-state index contributed by atoms with van der Waals surface area (Å²) in [6.07, 6.45) is 16.9. The number of rotatable bonds is 48. The first-order valence-electron chi connectivity index (χ1n) is 41.3. The molecule has 37 nitrogen and oxygen atoms in total. The quantitative estimate of drug-likeness (QED) is 0.0179. The average Bonchev–Trinajstić information content (AvgIpc) is 1.78. The number of carbonyl (C=O) groups excluding carboxylic acids is 15. The molecule has 0 spiro atoms. The molecule has 120 heavy (non-hydrogen) atoms. The van der Waals surface area contributed by atoms with Gasteiger partial charge in [0.25, 0.3) is 0 Å². The normalized spacial score (nSPS) is 12.9. The summed E-state index contributed by atoms with van der Waals surface area (Å²) < 4.78 is 104. The van der Waals surface area contributed by atoms with Crippen molar-refractivity contribution < 1.29 is 176 Å². The smallest absolute Gasteiger partial charge is 0.344 e. The lowest BCUT2D eigenvalue weighted by molar-refractivity contribution is -0.170. The first-order valence-corrected chi connectivity index (χ1v) is 41.3. The molecule has 0 aromatic rings. The second kappa shape index (κ2) is 107. The maximum atomic E-state index is 10.9. The fraction of sp³-hybridized carbons (Fsp3) is 0.819. The van der Waals surface area contributed by atoms with Crippen LogP contribution in [-0.2, 0) is 176 Å². The van der Waals surface area contributed by atoms with Crippen molar-refractivity contribution in [1.29, 1.82) is 0 Å². The van der Waals surface area contributed by atoms with Crippen LogP contribution in [0.2, 0.25) is 0 Å². The number of carbonyl (C=O) groups is 15. The van der Waals surface area contributed by atoms with Gasteiger partial charge in [-0.3, -0.25) is 67.1 Å². The van der Waals surface area contributed by atoms with Gasteiger partial charge in [0, 0.05) is 125 Å². The molecule has 0 aromatic heterocycles. The zero-order chi connectivity index (χ0) is 93.1. The number of methoxy groups -OCH3 is 6. The molecule has 3 unspecified atom stereocenters. The van der Waals surface area contributed by atoms with E-state index in [1.807, 2.05) is 62.3 Å². The molecule has 0 bridgehead atoms. The van der Waals surface area contributed by atoms with E-state index >= 15 is 0 Å². The average molecular weight is 1740 g/mol. The molecule has 708 valence electrons. The third-order valence-electron chi connectivity index (χ3n) is 13.0. The van der Waals surface area contributed by atoms with E-state index in [0.29, 0.717) is 150 Å². The number of ether oxygens (including phenoxy) is 22. The minimum atomic E-state index is -0.533. The van der Waals surface area contributed by atoms with Gasteiger partial charge < -0.3 is 104 Å². The van der Waals surface area contributed by atoms with Crippen LogP contribution < -0.4 is 0 Å². The SMILES string of the molecule is CCC(=O)OC.CCC(=O)OCCOC.CCCC(=O)OC1CCCO1.CCCC(=O)OCC(=O)OC.CCCC(=O)OCC(C)=O.CCCC(=O)OCC1CCCO1.CCCC(=O)OCC1CO1.CCCC(=O)OCCOC.CCCC(=O)OCCOC(C)=O.CCCC(=O)OCCOCCOC.CCCC(=O)OCOC.CCOC(=O)CC. The van der Waals surface area contributed by atoms with Gasteiger partial charge in [0.15, 0.2) is 19.2 Å². The number of Topliss-reactive ketones (excluding diaryl/α,β-unsaturated/α-hetero) is 1. The van der Waals surface area contributed by atoms with E-state index in [0.717, 1.165) is 103 Å². The molecule has 3 aliphatic rings. The molecule has 3 saturated heterocycles. The monoisotopic (exact) mass is 1740 g/mol. The van der Waals surface area contributed by atoms with Crippen LogP contribution in [0.1, 0.15) is 264 Å². The Labute approximate surface area is 714 Å². The van der Waals surface area contributed by atoms with E-state index in [1.165, 1.54) is 35.2 Å². The van der Waals surface area contributed by atoms with Crippen molar-refractivity contribution in [3.63, 3.8) is 0 Å². The summed E-state index contributed by atoms with van der Waals surface area (Å²) in [6.45, 7) is 34.4. The second-order valence-electron chi connectivity index (χ2n) is 24.4. The zero-order valence-corrected chi connectivity index (χ0v) is 76.4. The maximum Gasteiger partial charge on any atom is 0.344 e. The highest BCUT2D eigenvalue weighted by Gasteiger charge is 2.24. The van der Waals surface area contributed by atoms with E-state index in [1.54, 1.807) is 49.0 Å². The summed E-state index contributed by atoms with van der Waals surface area (Å²) in [4.78, 5) is 158. The summed E-state index contributed by atoms with van der Waals surface area (Å²) in [5.41, 5.74) is 0. The Morgan fingerprint density at radius 2 is 0.617 bits per heavy atom. The second-order valence-corrected chi connectivity index (χ2v) is 24.4. The van der Waals surface area contributed by atoms with Crippen LogP contribution in [0.4, 0.5) is 0 Å². The van der Waals surface area contributed by atoms with Crippen LogP contribution in [0, 0.1) is 0 Å². The minimum absolute atomic E-state index is 0.0683. The first-order chi connectivity index (χ1) is 57.4. The van der Waals surface area contributed by atoms with Crippen LogP contribution in [0.5, 0.6) is 0 Å². The van der Waals surface area contributed by atoms with E-state index < -0.39 is 5.97 Å². The molecule has 0 amide bonds. The van der Waals surface area contributed by atoms with Crippen LogP contribution in [-0.4, -0.2) is 276 Å². The topological polar surface area (TPSA) is 462 Å². The third kappa shape index (κ3) is 126. The van der Waals surface area contributed by atoms with Gasteiger partial charge in [0.2, 0.25) is 6.29 Å². The van der Waals surface area contributed by atoms with Gasteiger partial charge in [-0.15, -0.1) is 0 Å². The van der Waals surface area contributed by atoms with Gasteiger partial charge in [-0.05, 0) is 90.9 Å². The van der Waals surface area contributed by atoms with Crippen molar-refractivity contribution in [3.05, 3.63) is 0 Å². The van der Waals surface area contributed by atoms with Crippen molar-refractivity contribution in [2.24, 2.45) is 0 Å². The highest BCUT2D eigenvalue weighted by atomic mass is 16.7. The number of hydrogen-bond acceptors (Lipinski definition) is 37. The van der Waals surface area contributed by atoms with Crippen molar-refractivity contribution in [2.75, 3.05) is 168 Å². The molecule has 3 fully saturated rings. The Hall–Kier alpha value is -8.07. The largest absolute Gasteiger partial charge is 0.469 e. The predicted molar refractivity (Wildman–Crippen MR) is 439 cm³/mol. The molecule has 3 heterocycles. The van der Waals surface area contributed by atoms with Crippen molar-refractivity contribution >= 4 is 89.4 Å². The maximum absolute atomic E-state index is 10.9. The van der Waals surface area contributed by atoms with E-state index in [2.05, 4.69) is 47.4 Å². The number of hydrogen-bond donors (Lipinski definition) is 0. The Kier molecular flexibility index (Phi) is 116. The van der Waals surface area contributed by atoms with Crippen LogP contribution >= 0.6 is 0 Å². The van der Waals surface area contributed by atoms with Crippen LogP contribution in [0.15, 0.2) is 0 Å². The molecule has 0 aliphatic carbocycles. The lowest BCUT2D eigenvalue weighted by atomic mass is 10.2. The first kappa shape index (κ1) is 130. The van der Waals surface area contributed by atoms with E-state index in [4.69, 9.17) is 56.8 Å². The Morgan fingerprint density at radius 3 is 0.942 bits per heavy atom. The Balaban J connectivity index is -0.000000161. The highest BCUT2D eigenvalue weighted by molar-refractivity contribution is 5.80. The molecule has 0 radical (unpaired) electrons. The molecule has 0 N–H and O–H groups in total. The van der Waals surface area contributed by atoms with Gasteiger partial charge in [0.05, 0.1) is 73.2 Å². The summed E-state index contributed by atoms with van der Waals surface area (Å²) in [5, 5.41) is 0. The summed E-state index contributed by atoms with van der Waals surface area (Å²) in [5.74, 6) is -3.22. The van der Waals surface area contributed by atoms with Gasteiger partial charge >= 0.3 is 83.6 Å².